The van der Waals surface area contributed by atoms with Crippen molar-refractivity contribution in [1.29, 1.82) is 0 Å². The third kappa shape index (κ3) is 54.1. The van der Waals surface area contributed by atoms with Crippen LogP contribution < -0.4 is 5.11 Å². The minimum atomic E-state index is -1.63. The summed E-state index contributed by atoms with van der Waals surface area (Å²) in [4.78, 5) is 37.3. The van der Waals surface area contributed by atoms with Gasteiger partial charge in [0.2, 0.25) is 0 Å². The van der Waals surface area contributed by atoms with Crippen LogP contribution in [0.3, 0.4) is 0 Å². The number of carboxylic acid groups (broad SMARTS) is 1. The zero-order valence-electron chi connectivity index (χ0n) is 46.3. The molecule has 0 aliphatic rings. The van der Waals surface area contributed by atoms with Crippen LogP contribution in [0.4, 0.5) is 0 Å². The highest BCUT2D eigenvalue weighted by Crippen LogP contribution is 2.15. The molecule has 408 valence electrons. The molecule has 0 aromatic rings. The van der Waals surface area contributed by atoms with Gasteiger partial charge < -0.3 is 33.3 Å². The number of hydrogen-bond acceptors (Lipinski definition) is 8. The second-order valence-corrected chi connectivity index (χ2v) is 20.2. The lowest BCUT2D eigenvalue weighted by Gasteiger charge is -2.26. The van der Waals surface area contributed by atoms with E-state index in [1.165, 1.54) is 116 Å². The molecule has 0 aromatic carbocycles. The zero-order valence-corrected chi connectivity index (χ0v) is 46.3. The summed E-state index contributed by atoms with van der Waals surface area (Å²) < 4.78 is 22.7. The number of hydrogen-bond donors (Lipinski definition) is 0. The van der Waals surface area contributed by atoms with Gasteiger partial charge in [-0.25, -0.2) is 0 Å². The normalized spacial score (nSPS) is 13.4. The fourth-order valence-corrected chi connectivity index (χ4v) is 7.71. The van der Waals surface area contributed by atoms with Gasteiger partial charge in [-0.3, -0.25) is 9.59 Å². The number of likely N-dealkylation sites (N-methyl/N-ethyl adjacent to an activating group) is 1. The average Bonchev–Trinajstić information content (AvgIpc) is 3.34. The smallest absolute Gasteiger partial charge is 0.306 e. The van der Waals surface area contributed by atoms with Crippen LogP contribution in [-0.2, 0) is 33.3 Å². The van der Waals surface area contributed by atoms with E-state index in [0.29, 0.717) is 17.4 Å². The minimum Gasteiger partial charge on any atom is -0.545 e. The molecule has 2 unspecified atom stereocenters. The fraction of sp³-hybridized carbons (Fsp3) is 0.726. The quantitative estimate of drug-likeness (QED) is 0.0195. The highest BCUT2D eigenvalue weighted by Gasteiger charge is 2.22. The molecule has 0 bridgehead atoms. The average molecular weight is 995 g/mol. The lowest BCUT2D eigenvalue weighted by Crippen LogP contribution is -2.44. The molecule has 0 N–H and O–H groups in total. The molecule has 9 nitrogen and oxygen atoms in total. The molecule has 0 radical (unpaired) electrons. The molecule has 0 aromatic heterocycles. The number of allylic oxidation sites excluding steroid dienone is 14. The number of carbonyl (C=O) groups is 3. The van der Waals surface area contributed by atoms with E-state index in [2.05, 4.69) is 98.9 Å². The van der Waals surface area contributed by atoms with E-state index in [-0.39, 0.29) is 38.6 Å². The molecule has 2 atom stereocenters. The number of carbonyl (C=O) groups excluding carboxylic acids is 3. The maximum absolute atomic E-state index is 12.9. The molecule has 0 rings (SSSR count). The zero-order chi connectivity index (χ0) is 52.0. The van der Waals surface area contributed by atoms with Crippen LogP contribution in [0, 0.1) is 0 Å². The van der Waals surface area contributed by atoms with E-state index >= 15 is 0 Å². The van der Waals surface area contributed by atoms with Crippen molar-refractivity contribution in [2.45, 2.75) is 245 Å². The van der Waals surface area contributed by atoms with Crippen LogP contribution in [0.2, 0.25) is 0 Å². The lowest BCUT2D eigenvalue weighted by molar-refractivity contribution is -0.870. The summed E-state index contributed by atoms with van der Waals surface area (Å²) in [5, 5.41) is 11.8. The van der Waals surface area contributed by atoms with Gasteiger partial charge in [0, 0.05) is 12.8 Å². The molecule has 0 heterocycles. The highest BCUT2D eigenvalue weighted by atomic mass is 16.7. The van der Waals surface area contributed by atoms with Crippen molar-refractivity contribution in [2.75, 3.05) is 47.5 Å². The Morgan fingerprint density at radius 3 is 1.21 bits per heavy atom. The Bertz CT molecular complexity index is 1440. The van der Waals surface area contributed by atoms with Gasteiger partial charge in [0.25, 0.3) is 0 Å². The summed E-state index contributed by atoms with van der Waals surface area (Å²) >= 11 is 0. The molecule has 0 aliphatic carbocycles. The van der Waals surface area contributed by atoms with Crippen LogP contribution in [0.5, 0.6) is 0 Å². The number of ether oxygens (including phenoxy) is 4. The number of rotatable bonds is 52. The van der Waals surface area contributed by atoms with Crippen molar-refractivity contribution in [3.8, 4) is 0 Å². The third-order valence-electron chi connectivity index (χ3n) is 12.1. The first-order valence-corrected chi connectivity index (χ1v) is 28.7. The van der Waals surface area contributed by atoms with E-state index < -0.39 is 24.3 Å². The minimum absolute atomic E-state index is 0.142. The molecule has 0 fully saturated rings. The standard InChI is InChI=1S/C62H107NO8/c1-6-8-10-12-14-16-18-20-22-24-26-27-28-29-30-31-32-33-35-37-39-41-43-45-47-49-51-53-60(65)71-58(57-70-62(61(66)67)68-55-54-63(3,4)5)56-69-59(64)52-50-48-46-44-42-40-38-36-34-25-23-21-19-17-15-13-11-9-7-2/h8,10,14,16,20-23,26-27,29-30,32-33,58,62H,6-7,9,11-13,15,17-19,24-25,28,31,34-57H2,1-5H3/b10-8-,16-14-,22-20-,23-21-,27-26-,30-29-,33-32-. The Hall–Kier alpha value is -3.53. The Morgan fingerprint density at radius 1 is 0.437 bits per heavy atom. The third-order valence-corrected chi connectivity index (χ3v) is 12.1. The fourth-order valence-electron chi connectivity index (χ4n) is 7.71. The summed E-state index contributed by atoms with van der Waals surface area (Å²) in [6.45, 7) is 4.62. The first kappa shape index (κ1) is 67.5. The Balaban J connectivity index is 4.29. The Labute approximate surface area is 436 Å². The maximum Gasteiger partial charge on any atom is 0.306 e. The van der Waals surface area contributed by atoms with Gasteiger partial charge in [-0.05, 0) is 89.9 Å². The summed E-state index contributed by atoms with van der Waals surface area (Å²) in [5.74, 6) is -2.30. The van der Waals surface area contributed by atoms with Gasteiger partial charge in [0.15, 0.2) is 12.4 Å². The molecular formula is C62H107NO8. The molecule has 9 heteroatoms. The molecule has 0 aliphatic heterocycles. The second-order valence-electron chi connectivity index (χ2n) is 20.2. The van der Waals surface area contributed by atoms with Gasteiger partial charge in [0.05, 0.1) is 40.3 Å². The van der Waals surface area contributed by atoms with Gasteiger partial charge >= 0.3 is 11.9 Å². The van der Waals surface area contributed by atoms with E-state index in [9.17, 15) is 19.5 Å². The Morgan fingerprint density at radius 2 is 0.803 bits per heavy atom. The highest BCUT2D eigenvalue weighted by molar-refractivity contribution is 5.70. The second kappa shape index (κ2) is 52.8. The predicted molar refractivity (Wildman–Crippen MR) is 297 cm³/mol. The van der Waals surface area contributed by atoms with Crippen molar-refractivity contribution >= 4 is 17.9 Å². The topological polar surface area (TPSA) is 111 Å². The van der Waals surface area contributed by atoms with Crippen LogP contribution in [0.1, 0.15) is 232 Å². The number of unbranched alkanes of at least 4 members (excludes halogenated alkanes) is 23. The van der Waals surface area contributed by atoms with Crippen molar-refractivity contribution < 1.29 is 42.9 Å². The van der Waals surface area contributed by atoms with Crippen molar-refractivity contribution in [3.05, 3.63) is 85.1 Å². The monoisotopic (exact) mass is 994 g/mol. The molecule has 0 saturated heterocycles. The molecule has 71 heavy (non-hydrogen) atoms. The number of nitrogens with zero attached hydrogens (tertiary/aromatic N) is 1. The van der Waals surface area contributed by atoms with E-state index in [0.717, 1.165) is 83.5 Å². The van der Waals surface area contributed by atoms with Crippen LogP contribution >= 0.6 is 0 Å². The predicted octanol–water partition coefficient (Wildman–Crippen LogP) is 15.5. The summed E-state index contributed by atoms with van der Waals surface area (Å²) in [6.07, 6.45) is 66.2. The van der Waals surface area contributed by atoms with E-state index in [1.54, 1.807) is 0 Å². The molecule has 0 amide bonds. The first-order chi connectivity index (χ1) is 34.6. The SMILES string of the molecule is CC/C=C\C/C=C\C/C=C\C/C=C\C/C=C\C/C=C\CCCCCCCCCCC(=O)OC(COC(=O)CCCCCCCCCCC/C=C\CCCCCCCC)COC(OCC[N+](C)(C)C)C(=O)[O-]. The summed E-state index contributed by atoms with van der Waals surface area (Å²) in [6, 6.07) is 0. The van der Waals surface area contributed by atoms with E-state index in [4.69, 9.17) is 18.9 Å². The number of esters is 2. The number of carboxylic acids is 1. The summed E-state index contributed by atoms with van der Waals surface area (Å²) in [5.41, 5.74) is 0. The van der Waals surface area contributed by atoms with Gasteiger partial charge in [-0.1, -0.05) is 214 Å². The number of aliphatic carboxylic acids is 1. The van der Waals surface area contributed by atoms with Gasteiger partial charge in [0.1, 0.15) is 13.2 Å². The molecule has 0 saturated carbocycles. The van der Waals surface area contributed by atoms with Gasteiger partial charge in [-0.15, -0.1) is 0 Å². The van der Waals surface area contributed by atoms with Crippen molar-refractivity contribution in [2.24, 2.45) is 0 Å². The lowest BCUT2D eigenvalue weighted by atomic mass is 10.1. The first-order valence-electron chi connectivity index (χ1n) is 28.7. The van der Waals surface area contributed by atoms with Crippen LogP contribution in [-0.4, -0.2) is 82.3 Å². The summed E-state index contributed by atoms with van der Waals surface area (Å²) in [7, 11) is 5.91. The molecular weight excluding hydrogens is 887 g/mol. The largest absolute Gasteiger partial charge is 0.545 e. The van der Waals surface area contributed by atoms with Crippen LogP contribution in [0.15, 0.2) is 85.1 Å². The number of quaternary nitrogens is 1. The molecule has 0 spiro atoms. The van der Waals surface area contributed by atoms with Crippen molar-refractivity contribution in [1.82, 2.24) is 0 Å². The maximum atomic E-state index is 12.9. The van der Waals surface area contributed by atoms with Crippen LogP contribution in [0.25, 0.3) is 0 Å². The van der Waals surface area contributed by atoms with Gasteiger partial charge in [-0.2, -0.15) is 0 Å². The Kier molecular flexibility index (Phi) is 50.2. The van der Waals surface area contributed by atoms with E-state index in [1.807, 2.05) is 21.1 Å². The van der Waals surface area contributed by atoms with Crippen molar-refractivity contribution in [3.63, 3.8) is 0 Å².